The molecule has 0 bridgehead atoms. The Balaban J connectivity index is 1.28. The van der Waals surface area contributed by atoms with E-state index in [0.29, 0.717) is 10.7 Å². The molecule has 5 aromatic carbocycles. The standard InChI is InChI=1S/C38H30F3NO5S/c1-25(37(43)44)42(24-27-10-7-11-31(22-27)38(39,40)41)48(45,46)32-20-18-29(19-21-32)28-14-16-30(17-15-28)36-33-12-5-6-13-34(33)47-35(36)23-26-8-3-2-4-9-26/h2-22,25H,23-24H2,1H3,(H,43,44). The van der Waals surface area contributed by atoms with Gasteiger partial charge in [0.15, 0.2) is 0 Å². The minimum Gasteiger partial charge on any atom is -0.480 e. The normalized spacial score (nSPS) is 12.8. The molecule has 0 aliphatic rings. The lowest BCUT2D eigenvalue weighted by Gasteiger charge is -2.26. The van der Waals surface area contributed by atoms with Gasteiger partial charge in [0.05, 0.1) is 10.5 Å². The van der Waals surface area contributed by atoms with Crippen LogP contribution < -0.4 is 0 Å². The quantitative estimate of drug-likeness (QED) is 0.157. The fourth-order valence-electron chi connectivity index (χ4n) is 5.68. The average molecular weight is 670 g/mol. The van der Waals surface area contributed by atoms with Crippen LogP contribution in [0.2, 0.25) is 0 Å². The Morgan fingerprint density at radius 1 is 0.771 bits per heavy atom. The van der Waals surface area contributed by atoms with Crippen LogP contribution >= 0.6 is 0 Å². The van der Waals surface area contributed by atoms with E-state index in [9.17, 15) is 31.5 Å². The van der Waals surface area contributed by atoms with Gasteiger partial charge < -0.3 is 9.52 Å². The highest BCUT2D eigenvalue weighted by molar-refractivity contribution is 7.89. The molecule has 6 rings (SSSR count). The van der Waals surface area contributed by atoms with Crippen molar-refractivity contribution in [2.45, 2.75) is 37.0 Å². The van der Waals surface area contributed by atoms with Crippen LogP contribution in [0.1, 0.15) is 29.4 Å². The van der Waals surface area contributed by atoms with E-state index in [0.717, 1.165) is 62.7 Å². The molecule has 0 radical (unpaired) electrons. The molecule has 0 saturated heterocycles. The van der Waals surface area contributed by atoms with Gasteiger partial charge in [-0.25, -0.2) is 8.42 Å². The monoisotopic (exact) mass is 669 g/mol. The summed E-state index contributed by atoms with van der Waals surface area (Å²) in [5.74, 6) is -0.588. The second kappa shape index (κ2) is 13.1. The second-order valence-corrected chi connectivity index (χ2v) is 13.3. The number of fused-ring (bicyclic) bond motifs is 1. The molecule has 0 aliphatic heterocycles. The first-order valence-corrected chi connectivity index (χ1v) is 16.5. The number of hydrogen-bond donors (Lipinski definition) is 1. The maximum Gasteiger partial charge on any atom is 0.416 e. The summed E-state index contributed by atoms with van der Waals surface area (Å²) in [5, 5.41) is 10.7. The third-order valence-corrected chi connectivity index (χ3v) is 10.2. The molecular formula is C38H30F3NO5S. The number of sulfonamides is 1. The summed E-state index contributed by atoms with van der Waals surface area (Å²) in [4.78, 5) is 11.7. The minimum atomic E-state index is -4.64. The van der Waals surface area contributed by atoms with Crippen molar-refractivity contribution in [2.24, 2.45) is 0 Å². The van der Waals surface area contributed by atoms with Crippen molar-refractivity contribution in [3.63, 3.8) is 0 Å². The molecule has 10 heteroatoms. The van der Waals surface area contributed by atoms with E-state index in [1.54, 1.807) is 12.1 Å². The molecule has 48 heavy (non-hydrogen) atoms. The second-order valence-electron chi connectivity index (χ2n) is 11.4. The van der Waals surface area contributed by atoms with Crippen LogP contribution in [0.15, 0.2) is 137 Å². The van der Waals surface area contributed by atoms with Gasteiger partial charge in [-0.1, -0.05) is 103 Å². The van der Waals surface area contributed by atoms with Crippen molar-refractivity contribution in [1.82, 2.24) is 4.31 Å². The highest BCUT2D eigenvalue weighted by Crippen LogP contribution is 2.37. The maximum absolute atomic E-state index is 13.7. The van der Waals surface area contributed by atoms with E-state index in [1.165, 1.54) is 25.1 Å². The van der Waals surface area contributed by atoms with Crippen LogP contribution in [0.4, 0.5) is 13.2 Å². The molecule has 1 N–H and O–H groups in total. The van der Waals surface area contributed by atoms with Crippen LogP contribution in [0.25, 0.3) is 33.2 Å². The Kier molecular flexibility index (Phi) is 8.96. The van der Waals surface area contributed by atoms with Crippen LogP contribution in [0.3, 0.4) is 0 Å². The van der Waals surface area contributed by atoms with E-state index in [1.807, 2.05) is 66.7 Å². The zero-order valence-electron chi connectivity index (χ0n) is 25.7. The molecular weight excluding hydrogens is 639 g/mol. The maximum atomic E-state index is 13.7. The van der Waals surface area contributed by atoms with Gasteiger partial charge in [0.1, 0.15) is 17.4 Å². The summed E-state index contributed by atoms with van der Waals surface area (Å²) in [5.41, 5.74) is 4.46. The van der Waals surface area contributed by atoms with E-state index >= 15 is 0 Å². The van der Waals surface area contributed by atoms with Gasteiger partial charge in [-0.15, -0.1) is 0 Å². The van der Waals surface area contributed by atoms with Gasteiger partial charge in [0, 0.05) is 23.9 Å². The minimum absolute atomic E-state index is 0.00976. The summed E-state index contributed by atoms with van der Waals surface area (Å²) < 4.78 is 74.2. The van der Waals surface area contributed by atoms with E-state index in [2.05, 4.69) is 12.1 Å². The van der Waals surface area contributed by atoms with Crippen LogP contribution in [-0.2, 0) is 34.0 Å². The summed E-state index contributed by atoms with van der Waals surface area (Å²) >= 11 is 0. The topological polar surface area (TPSA) is 87.8 Å². The smallest absolute Gasteiger partial charge is 0.416 e. The number of aliphatic carboxylic acids is 1. The third-order valence-electron chi connectivity index (χ3n) is 8.23. The van der Waals surface area contributed by atoms with Crippen molar-refractivity contribution in [3.05, 3.63) is 150 Å². The van der Waals surface area contributed by atoms with Gasteiger partial charge in [0.2, 0.25) is 10.0 Å². The van der Waals surface area contributed by atoms with Gasteiger partial charge in [-0.3, -0.25) is 4.79 Å². The van der Waals surface area contributed by atoms with Gasteiger partial charge >= 0.3 is 12.1 Å². The van der Waals surface area contributed by atoms with Crippen molar-refractivity contribution in [2.75, 3.05) is 0 Å². The first-order chi connectivity index (χ1) is 22.9. The summed E-state index contributed by atoms with van der Waals surface area (Å²) in [6.07, 6.45) is -4.02. The number of carboxylic acids is 1. The number of halogens is 3. The van der Waals surface area contributed by atoms with Crippen molar-refractivity contribution < 1.29 is 35.9 Å². The number of benzene rings is 5. The summed E-state index contributed by atoms with van der Waals surface area (Å²) in [6, 6.07) is 34.4. The Bertz CT molecular complexity index is 2180. The predicted molar refractivity (Wildman–Crippen MR) is 178 cm³/mol. The Labute approximate surface area is 275 Å². The average Bonchev–Trinajstić information content (AvgIpc) is 3.44. The molecule has 0 spiro atoms. The highest BCUT2D eigenvalue weighted by Gasteiger charge is 2.35. The van der Waals surface area contributed by atoms with E-state index in [4.69, 9.17) is 4.42 Å². The molecule has 0 fully saturated rings. The number of hydrogen-bond acceptors (Lipinski definition) is 4. The van der Waals surface area contributed by atoms with Gasteiger partial charge in [0.25, 0.3) is 0 Å². The number of nitrogens with zero attached hydrogens (tertiary/aromatic N) is 1. The van der Waals surface area contributed by atoms with Gasteiger partial charge in [-0.05, 0) is 59.0 Å². The summed E-state index contributed by atoms with van der Waals surface area (Å²) in [7, 11) is -4.42. The van der Waals surface area contributed by atoms with Crippen LogP contribution in [0, 0.1) is 0 Å². The first kappa shape index (κ1) is 32.7. The number of para-hydroxylation sites is 1. The van der Waals surface area contributed by atoms with E-state index in [-0.39, 0.29) is 10.5 Å². The zero-order valence-corrected chi connectivity index (χ0v) is 26.5. The van der Waals surface area contributed by atoms with Crippen molar-refractivity contribution in [3.8, 4) is 22.3 Å². The Morgan fingerprint density at radius 3 is 2.00 bits per heavy atom. The van der Waals surface area contributed by atoms with Crippen LogP contribution in [-0.4, -0.2) is 29.8 Å². The summed E-state index contributed by atoms with van der Waals surface area (Å²) in [6.45, 7) is 0.621. The molecule has 1 heterocycles. The molecule has 0 amide bonds. The number of alkyl halides is 3. The fourth-order valence-corrected chi connectivity index (χ4v) is 7.26. The van der Waals surface area contributed by atoms with Crippen LogP contribution in [0.5, 0.6) is 0 Å². The Hall–Kier alpha value is -5.19. The third kappa shape index (κ3) is 6.76. The van der Waals surface area contributed by atoms with E-state index < -0.39 is 40.3 Å². The number of carboxylic acid groups (broad SMARTS) is 1. The fraction of sp³-hybridized carbons (Fsp3) is 0.132. The Morgan fingerprint density at radius 2 is 1.35 bits per heavy atom. The number of rotatable bonds is 10. The lowest BCUT2D eigenvalue weighted by atomic mass is 9.96. The molecule has 6 aromatic rings. The molecule has 1 aromatic heterocycles. The highest BCUT2D eigenvalue weighted by atomic mass is 32.2. The molecule has 1 unspecified atom stereocenters. The van der Waals surface area contributed by atoms with Crippen molar-refractivity contribution >= 4 is 27.0 Å². The molecule has 0 saturated carbocycles. The van der Waals surface area contributed by atoms with Gasteiger partial charge in [-0.2, -0.15) is 17.5 Å². The molecule has 6 nitrogen and oxygen atoms in total. The first-order valence-electron chi connectivity index (χ1n) is 15.1. The zero-order chi connectivity index (χ0) is 34.1. The molecule has 0 aliphatic carbocycles. The molecule has 1 atom stereocenters. The lowest BCUT2D eigenvalue weighted by molar-refractivity contribution is -0.141. The predicted octanol–water partition coefficient (Wildman–Crippen LogP) is 9.04. The largest absolute Gasteiger partial charge is 0.480 e. The lowest BCUT2D eigenvalue weighted by Crippen LogP contribution is -2.42. The number of carbonyl (C=O) groups is 1. The SMILES string of the molecule is CC(C(=O)O)N(Cc1cccc(C(F)(F)F)c1)S(=O)(=O)c1ccc(-c2ccc(-c3c(Cc4ccccc4)oc4ccccc34)cc2)cc1. The van der Waals surface area contributed by atoms with Crippen molar-refractivity contribution in [1.29, 1.82) is 0 Å². The molecule has 244 valence electrons. The number of furan rings is 1.